The predicted octanol–water partition coefficient (Wildman–Crippen LogP) is 1.86. The van der Waals surface area contributed by atoms with E-state index in [1.54, 1.807) is 30.6 Å². The van der Waals surface area contributed by atoms with Gasteiger partial charge in [-0.3, -0.25) is 0 Å². The van der Waals surface area contributed by atoms with E-state index in [2.05, 4.69) is 15.0 Å². The van der Waals surface area contributed by atoms with E-state index in [0.29, 0.717) is 16.5 Å². The molecule has 0 saturated heterocycles. The van der Waals surface area contributed by atoms with Gasteiger partial charge in [0.2, 0.25) is 0 Å². The summed E-state index contributed by atoms with van der Waals surface area (Å²) in [7, 11) is 0. The first-order valence-corrected chi connectivity index (χ1v) is 5.83. The third-order valence-corrected chi connectivity index (χ3v) is 2.92. The molecule has 0 saturated carbocycles. The van der Waals surface area contributed by atoms with Gasteiger partial charge in [-0.25, -0.2) is 19.7 Å². The van der Waals surface area contributed by atoms with E-state index in [9.17, 15) is 4.79 Å². The highest BCUT2D eigenvalue weighted by atomic mass is 32.2. The summed E-state index contributed by atoms with van der Waals surface area (Å²) in [6, 6.07) is 5.19. The van der Waals surface area contributed by atoms with Gasteiger partial charge in [0, 0.05) is 24.3 Å². The fourth-order valence-corrected chi connectivity index (χ4v) is 2.04. The summed E-state index contributed by atoms with van der Waals surface area (Å²) >= 11 is 1.38. The molecular formula is C11H9N3O2S. The lowest BCUT2D eigenvalue weighted by molar-refractivity contribution is 0.0689. The zero-order valence-electron chi connectivity index (χ0n) is 8.78. The largest absolute Gasteiger partial charge is 0.477 e. The Morgan fingerprint density at radius 3 is 2.59 bits per heavy atom. The Hall–Kier alpha value is -1.95. The van der Waals surface area contributed by atoms with Crippen molar-refractivity contribution in [3.63, 3.8) is 0 Å². The van der Waals surface area contributed by atoms with E-state index in [0.717, 1.165) is 0 Å². The lowest BCUT2D eigenvalue weighted by Gasteiger charge is -2.03. The molecule has 2 rings (SSSR count). The molecule has 2 aromatic heterocycles. The summed E-state index contributed by atoms with van der Waals surface area (Å²) < 4.78 is 0. The van der Waals surface area contributed by atoms with Crippen LogP contribution in [0.25, 0.3) is 0 Å². The van der Waals surface area contributed by atoms with E-state index < -0.39 is 5.97 Å². The molecule has 0 bridgehead atoms. The van der Waals surface area contributed by atoms with Crippen molar-refractivity contribution in [2.45, 2.75) is 10.9 Å². The topological polar surface area (TPSA) is 76.0 Å². The molecule has 0 aliphatic carbocycles. The monoisotopic (exact) mass is 247 g/mol. The SMILES string of the molecule is O=C(O)c1ncccc1CSc1ncccn1. The molecular weight excluding hydrogens is 238 g/mol. The molecule has 0 amide bonds. The van der Waals surface area contributed by atoms with Gasteiger partial charge in [-0.2, -0.15) is 0 Å². The molecule has 0 fully saturated rings. The molecule has 1 N–H and O–H groups in total. The van der Waals surface area contributed by atoms with Gasteiger partial charge in [-0.15, -0.1) is 0 Å². The Labute approximate surface area is 102 Å². The number of carbonyl (C=O) groups is 1. The molecule has 2 aromatic rings. The summed E-state index contributed by atoms with van der Waals surface area (Å²) in [5.41, 5.74) is 0.744. The average Bonchev–Trinajstić information content (AvgIpc) is 2.38. The fourth-order valence-electron chi connectivity index (χ4n) is 1.25. The third kappa shape index (κ3) is 3.01. The lowest BCUT2D eigenvalue weighted by Crippen LogP contribution is -2.04. The zero-order valence-corrected chi connectivity index (χ0v) is 9.59. The van der Waals surface area contributed by atoms with Crippen LogP contribution in [-0.4, -0.2) is 26.0 Å². The highest BCUT2D eigenvalue weighted by molar-refractivity contribution is 7.98. The van der Waals surface area contributed by atoms with Crippen molar-refractivity contribution >= 4 is 17.7 Å². The zero-order chi connectivity index (χ0) is 12.1. The summed E-state index contributed by atoms with van der Waals surface area (Å²) in [5, 5.41) is 9.58. The van der Waals surface area contributed by atoms with Gasteiger partial charge in [-0.05, 0) is 17.7 Å². The molecule has 2 heterocycles. The first-order chi connectivity index (χ1) is 8.27. The van der Waals surface area contributed by atoms with Crippen LogP contribution in [0.1, 0.15) is 16.1 Å². The maximum absolute atomic E-state index is 10.9. The first-order valence-electron chi connectivity index (χ1n) is 4.84. The predicted molar refractivity (Wildman–Crippen MR) is 62.8 cm³/mol. The van der Waals surface area contributed by atoms with E-state index in [-0.39, 0.29) is 5.69 Å². The van der Waals surface area contributed by atoms with Crippen molar-refractivity contribution in [1.29, 1.82) is 0 Å². The summed E-state index contributed by atoms with van der Waals surface area (Å²) in [6.45, 7) is 0. The van der Waals surface area contributed by atoms with Crippen LogP contribution >= 0.6 is 11.8 Å². The summed E-state index contributed by atoms with van der Waals surface area (Å²) in [5.74, 6) is -0.533. The van der Waals surface area contributed by atoms with Crippen LogP contribution in [-0.2, 0) is 5.75 Å². The molecule has 0 radical (unpaired) electrons. The smallest absolute Gasteiger partial charge is 0.354 e. The molecule has 17 heavy (non-hydrogen) atoms. The van der Waals surface area contributed by atoms with Gasteiger partial charge >= 0.3 is 5.97 Å². The van der Waals surface area contributed by atoms with Crippen molar-refractivity contribution in [1.82, 2.24) is 15.0 Å². The molecule has 0 aliphatic rings. The van der Waals surface area contributed by atoms with E-state index in [4.69, 9.17) is 5.11 Å². The molecule has 86 valence electrons. The van der Waals surface area contributed by atoms with Crippen molar-refractivity contribution in [3.05, 3.63) is 48.0 Å². The average molecular weight is 247 g/mol. The minimum atomic E-state index is -1.02. The Morgan fingerprint density at radius 1 is 1.18 bits per heavy atom. The van der Waals surface area contributed by atoms with Crippen molar-refractivity contribution < 1.29 is 9.90 Å². The van der Waals surface area contributed by atoms with Gasteiger partial charge in [0.05, 0.1) is 0 Å². The lowest BCUT2D eigenvalue weighted by atomic mass is 10.2. The van der Waals surface area contributed by atoms with Crippen LogP contribution in [0.15, 0.2) is 41.9 Å². The quantitative estimate of drug-likeness (QED) is 0.656. The molecule has 6 heteroatoms. The number of rotatable bonds is 4. The van der Waals surface area contributed by atoms with Gasteiger partial charge in [0.15, 0.2) is 10.9 Å². The van der Waals surface area contributed by atoms with Gasteiger partial charge in [0.25, 0.3) is 0 Å². The maximum Gasteiger partial charge on any atom is 0.354 e. The summed E-state index contributed by atoms with van der Waals surface area (Å²) in [4.78, 5) is 22.9. The Kier molecular flexibility index (Phi) is 3.66. The van der Waals surface area contributed by atoms with Crippen LogP contribution < -0.4 is 0 Å². The highest BCUT2D eigenvalue weighted by Gasteiger charge is 2.11. The van der Waals surface area contributed by atoms with E-state index >= 15 is 0 Å². The number of hydrogen-bond donors (Lipinski definition) is 1. The Bertz CT molecular complexity index is 519. The van der Waals surface area contributed by atoms with Crippen LogP contribution in [0.3, 0.4) is 0 Å². The Morgan fingerprint density at radius 2 is 1.88 bits per heavy atom. The summed E-state index contributed by atoms with van der Waals surface area (Å²) in [6.07, 6.45) is 4.77. The normalized spacial score (nSPS) is 10.1. The van der Waals surface area contributed by atoms with Crippen LogP contribution in [0, 0.1) is 0 Å². The standard InChI is InChI=1S/C11H9N3O2S/c15-10(16)9-8(3-1-4-12-9)7-17-11-13-5-2-6-14-11/h1-6H,7H2,(H,15,16). The number of aromatic nitrogens is 3. The van der Waals surface area contributed by atoms with Crippen LogP contribution in [0.5, 0.6) is 0 Å². The second-order valence-electron chi connectivity index (χ2n) is 3.14. The van der Waals surface area contributed by atoms with Gasteiger partial charge < -0.3 is 5.11 Å². The molecule has 0 aromatic carbocycles. The van der Waals surface area contributed by atoms with Crippen molar-refractivity contribution in [2.75, 3.05) is 0 Å². The van der Waals surface area contributed by atoms with E-state index in [1.807, 2.05) is 0 Å². The second kappa shape index (κ2) is 5.40. The number of carboxylic acid groups (broad SMARTS) is 1. The molecule has 0 aliphatic heterocycles. The van der Waals surface area contributed by atoms with Crippen molar-refractivity contribution in [3.8, 4) is 0 Å². The van der Waals surface area contributed by atoms with E-state index in [1.165, 1.54) is 18.0 Å². The number of thioether (sulfide) groups is 1. The molecule has 0 unspecified atom stereocenters. The maximum atomic E-state index is 10.9. The fraction of sp³-hybridized carbons (Fsp3) is 0.0909. The minimum Gasteiger partial charge on any atom is -0.477 e. The minimum absolute atomic E-state index is 0.0796. The van der Waals surface area contributed by atoms with Gasteiger partial charge in [-0.1, -0.05) is 17.8 Å². The number of pyridine rings is 1. The second-order valence-corrected chi connectivity index (χ2v) is 4.08. The van der Waals surface area contributed by atoms with Crippen molar-refractivity contribution in [2.24, 2.45) is 0 Å². The highest BCUT2D eigenvalue weighted by Crippen LogP contribution is 2.19. The number of aromatic carboxylic acids is 1. The molecule has 5 nitrogen and oxygen atoms in total. The molecule has 0 atom stereocenters. The number of carboxylic acids is 1. The molecule has 0 spiro atoms. The Balaban J connectivity index is 2.12. The number of hydrogen-bond acceptors (Lipinski definition) is 5. The first kappa shape index (κ1) is 11.5. The number of nitrogens with zero attached hydrogens (tertiary/aromatic N) is 3. The van der Waals surface area contributed by atoms with Crippen LogP contribution in [0.4, 0.5) is 0 Å². The van der Waals surface area contributed by atoms with Gasteiger partial charge in [0.1, 0.15) is 0 Å². The third-order valence-electron chi connectivity index (χ3n) is 1.99. The van der Waals surface area contributed by atoms with Crippen LogP contribution in [0.2, 0.25) is 0 Å².